The predicted octanol–water partition coefficient (Wildman–Crippen LogP) is 3.08. The van der Waals surface area contributed by atoms with Crippen LogP contribution in [-0.4, -0.2) is 33.1 Å². The lowest BCUT2D eigenvalue weighted by Gasteiger charge is -2.20. The third-order valence-electron chi connectivity index (χ3n) is 3.22. The molecular formula is C14H11ClN4O2. The molecule has 0 amide bonds. The van der Waals surface area contributed by atoms with Crippen LogP contribution in [0.5, 0.6) is 0 Å². The molecule has 6 nitrogen and oxygen atoms in total. The number of anilines is 2. The van der Waals surface area contributed by atoms with E-state index in [0.717, 1.165) is 16.6 Å². The molecule has 0 radical (unpaired) electrons. The maximum atomic E-state index is 11.3. The van der Waals surface area contributed by atoms with Crippen molar-refractivity contribution in [2.75, 3.05) is 11.9 Å². The fraction of sp³-hybridized carbons (Fsp3) is 0.0714. The molecule has 0 aliphatic rings. The van der Waals surface area contributed by atoms with Crippen molar-refractivity contribution in [1.82, 2.24) is 15.0 Å². The van der Waals surface area contributed by atoms with Crippen LogP contribution in [0.4, 0.5) is 11.5 Å². The molecule has 3 aromatic rings. The highest BCUT2D eigenvalue weighted by Gasteiger charge is 2.19. The molecule has 7 heteroatoms. The second-order valence-corrected chi connectivity index (χ2v) is 4.79. The lowest BCUT2D eigenvalue weighted by atomic mass is 10.2. The Labute approximate surface area is 125 Å². The van der Waals surface area contributed by atoms with Gasteiger partial charge < -0.3 is 15.0 Å². The van der Waals surface area contributed by atoms with Gasteiger partial charge in [0.2, 0.25) is 5.28 Å². The Morgan fingerprint density at radius 2 is 2.19 bits per heavy atom. The SMILES string of the molecule is CN(c1nc(Cl)ncc1C(=O)O)c1cccc2[nH]ccc12. The van der Waals surface area contributed by atoms with Crippen molar-refractivity contribution in [3.8, 4) is 0 Å². The quantitative estimate of drug-likeness (QED) is 0.727. The van der Waals surface area contributed by atoms with Crippen LogP contribution in [0.15, 0.2) is 36.7 Å². The van der Waals surface area contributed by atoms with E-state index in [0.29, 0.717) is 0 Å². The summed E-state index contributed by atoms with van der Waals surface area (Å²) in [6.45, 7) is 0. The lowest BCUT2D eigenvalue weighted by molar-refractivity contribution is 0.0697. The number of H-pyrrole nitrogens is 1. The van der Waals surface area contributed by atoms with Crippen molar-refractivity contribution in [2.24, 2.45) is 0 Å². The summed E-state index contributed by atoms with van der Waals surface area (Å²) in [5.41, 5.74) is 1.77. The molecule has 0 saturated heterocycles. The Balaban J connectivity index is 2.18. The lowest BCUT2D eigenvalue weighted by Crippen LogP contribution is -2.16. The second kappa shape index (κ2) is 5.06. The first kappa shape index (κ1) is 13.4. The Bertz CT molecular complexity index is 831. The van der Waals surface area contributed by atoms with Crippen LogP contribution in [0.1, 0.15) is 10.4 Å². The molecule has 0 bridgehead atoms. The van der Waals surface area contributed by atoms with Gasteiger partial charge in [0.05, 0.1) is 5.69 Å². The van der Waals surface area contributed by atoms with Gasteiger partial charge in [-0.1, -0.05) is 6.07 Å². The average molecular weight is 303 g/mol. The van der Waals surface area contributed by atoms with E-state index < -0.39 is 5.97 Å². The zero-order valence-corrected chi connectivity index (χ0v) is 11.8. The van der Waals surface area contributed by atoms with Gasteiger partial charge in [0.1, 0.15) is 5.56 Å². The van der Waals surface area contributed by atoms with E-state index in [1.807, 2.05) is 30.5 Å². The topological polar surface area (TPSA) is 82.1 Å². The number of nitrogens with one attached hydrogen (secondary N) is 1. The molecule has 0 atom stereocenters. The van der Waals surface area contributed by atoms with E-state index in [2.05, 4.69) is 15.0 Å². The summed E-state index contributed by atoms with van der Waals surface area (Å²) in [6.07, 6.45) is 3.04. The van der Waals surface area contributed by atoms with Crippen LogP contribution < -0.4 is 4.90 Å². The number of aromatic nitrogens is 3. The van der Waals surface area contributed by atoms with Crippen molar-refractivity contribution in [3.63, 3.8) is 0 Å². The molecule has 0 aliphatic heterocycles. The first-order valence-corrected chi connectivity index (χ1v) is 6.51. The van der Waals surface area contributed by atoms with E-state index in [9.17, 15) is 9.90 Å². The smallest absolute Gasteiger partial charge is 0.341 e. The summed E-state index contributed by atoms with van der Waals surface area (Å²) < 4.78 is 0. The Kier molecular flexibility index (Phi) is 3.23. The number of fused-ring (bicyclic) bond motifs is 1. The van der Waals surface area contributed by atoms with E-state index >= 15 is 0 Å². The number of hydrogen-bond donors (Lipinski definition) is 2. The first-order chi connectivity index (χ1) is 10.1. The van der Waals surface area contributed by atoms with Crippen LogP contribution in [-0.2, 0) is 0 Å². The van der Waals surface area contributed by atoms with Crippen LogP contribution in [0.2, 0.25) is 5.28 Å². The van der Waals surface area contributed by atoms with Crippen LogP contribution >= 0.6 is 11.6 Å². The molecule has 0 fully saturated rings. The number of aromatic amines is 1. The summed E-state index contributed by atoms with van der Waals surface area (Å²) in [4.78, 5) is 23.9. The second-order valence-electron chi connectivity index (χ2n) is 4.46. The number of rotatable bonds is 3. The third-order valence-corrected chi connectivity index (χ3v) is 3.40. The van der Waals surface area contributed by atoms with Crippen molar-refractivity contribution in [1.29, 1.82) is 0 Å². The van der Waals surface area contributed by atoms with E-state index in [-0.39, 0.29) is 16.7 Å². The Morgan fingerprint density at radius 1 is 1.38 bits per heavy atom. The van der Waals surface area contributed by atoms with Crippen molar-refractivity contribution in [2.45, 2.75) is 0 Å². The number of aromatic carboxylic acids is 1. The minimum absolute atomic E-state index is 0.00286. The number of nitrogens with zero attached hydrogens (tertiary/aromatic N) is 3. The zero-order chi connectivity index (χ0) is 15.0. The van der Waals surface area contributed by atoms with Crippen LogP contribution in [0, 0.1) is 0 Å². The predicted molar refractivity (Wildman–Crippen MR) is 80.4 cm³/mol. The fourth-order valence-corrected chi connectivity index (χ4v) is 2.36. The molecule has 0 spiro atoms. The molecule has 0 saturated carbocycles. The summed E-state index contributed by atoms with van der Waals surface area (Å²) >= 11 is 5.80. The first-order valence-electron chi connectivity index (χ1n) is 6.13. The molecule has 2 N–H and O–H groups in total. The van der Waals surface area contributed by atoms with Crippen LogP contribution in [0.3, 0.4) is 0 Å². The number of hydrogen-bond acceptors (Lipinski definition) is 4. The van der Waals surface area contributed by atoms with Gasteiger partial charge in [0.15, 0.2) is 5.82 Å². The summed E-state index contributed by atoms with van der Waals surface area (Å²) in [5, 5.41) is 10.2. The van der Waals surface area contributed by atoms with Crippen molar-refractivity contribution in [3.05, 3.63) is 47.5 Å². The van der Waals surface area contributed by atoms with Crippen molar-refractivity contribution >= 4 is 40.0 Å². The molecule has 1 aromatic carbocycles. The van der Waals surface area contributed by atoms with Crippen molar-refractivity contribution < 1.29 is 9.90 Å². The number of carboxylic acids is 1. The van der Waals surface area contributed by atoms with Gasteiger partial charge in [-0.2, -0.15) is 4.98 Å². The van der Waals surface area contributed by atoms with E-state index in [1.54, 1.807) is 11.9 Å². The third kappa shape index (κ3) is 2.30. The highest BCUT2D eigenvalue weighted by Crippen LogP contribution is 2.31. The molecule has 2 aromatic heterocycles. The molecule has 21 heavy (non-hydrogen) atoms. The molecular weight excluding hydrogens is 292 g/mol. The van der Waals surface area contributed by atoms with Gasteiger partial charge in [-0.25, -0.2) is 9.78 Å². The monoisotopic (exact) mass is 302 g/mol. The highest BCUT2D eigenvalue weighted by atomic mass is 35.5. The minimum atomic E-state index is -1.10. The Morgan fingerprint density at radius 3 is 2.95 bits per heavy atom. The van der Waals surface area contributed by atoms with Gasteiger partial charge in [-0.15, -0.1) is 0 Å². The zero-order valence-electron chi connectivity index (χ0n) is 11.0. The molecule has 106 valence electrons. The summed E-state index contributed by atoms with van der Waals surface area (Å²) in [5.74, 6) is -0.856. The standard InChI is InChI=1S/C14H11ClN4O2/c1-19(11-4-2-3-10-8(11)5-6-16-10)12-9(13(20)21)7-17-14(15)18-12/h2-7,16H,1H3,(H,20,21). The summed E-state index contributed by atoms with van der Waals surface area (Å²) in [7, 11) is 1.74. The fourth-order valence-electron chi connectivity index (χ4n) is 2.23. The van der Waals surface area contributed by atoms with Gasteiger partial charge >= 0.3 is 5.97 Å². The van der Waals surface area contributed by atoms with Gasteiger partial charge in [-0.3, -0.25) is 0 Å². The highest BCUT2D eigenvalue weighted by molar-refractivity contribution is 6.28. The Hall–Kier alpha value is -2.60. The number of benzene rings is 1. The van der Waals surface area contributed by atoms with Gasteiger partial charge in [0.25, 0.3) is 0 Å². The van der Waals surface area contributed by atoms with Gasteiger partial charge in [0, 0.05) is 30.3 Å². The largest absolute Gasteiger partial charge is 0.477 e. The minimum Gasteiger partial charge on any atom is -0.477 e. The number of halogens is 1. The van der Waals surface area contributed by atoms with Gasteiger partial charge in [-0.05, 0) is 29.8 Å². The number of carboxylic acid groups (broad SMARTS) is 1. The maximum Gasteiger partial charge on any atom is 0.341 e. The molecule has 3 rings (SSSR count). The van der Waals surface area contributed by atoms with E-state index in [4.69, 9.17) is 11.6 Å². The maximum absolute atomic E-state index is 11.3. The summed E-state index contributed by atoms with van der Waals surface area (Å²) in [6, 6.07) is 7.63. The molecule has 0 unspecified atom stereocenters. The van der Waals surface area contributed by atoms with Crippen LogP contribution in [0.25, 0.3) is 10.9 Å². The van der Waals surface area contributed by atoms with E-state index in [1.165, 1.54) is 6.20 Å². The normalized spacial score (nSPS) is 10.8. The average Bonchev–Trinajstić information content (AvgIpc) is 2.94. The number of carbonyl (C=O) groups is 1. The molecule has 0 aliphatic carbocycles. The molecule has 2 heterocycles.